The van der Waals surface area contributed by atoms with Crippen LogP contribution in [0.1, 0.15) is 51.2 Å². The van der Waals surface area contributed by atoms with Crippen LogP contribution in [0.3, 0.4) is 0 Å². The quantitative estimate of drug-likeness (QED) is 0.630. The highest BCUT2D eigenvalue weighted by Crippen LogP contribution is 2.28. The normalized spacial score (nSPS) is 28.1. The summed E-state index contributed by atoms with van der Waals surface area (Å²) >= 11 is 0. The summed E-state index contributed by atoms with van der Waals surface area (Å²) in [6.07, 6.45) is 4.85. The van der Waals surface area contributed by atoms with E-state index in [1.54, 1.807) is 24.5 Å². The smallest absolute Gasteiger partial charge is 0.336 e. The number of hydrogen-bond donors (Lipinski definition) is 0. The molecule has 0 bridgehead atoms. The average Bonchev–Trinajstić information content (AvgIpc) is 3.40. The van der Waals surface area contributed by atoms with E-state index in [9.17, 15) is 9.59 Å². The number of pyridine rings is 1. The van der Waals surface area contributed by atoms with Crippen LogP contribution in [0.5, 0.6) is 0 Å². The maximum Gasteiger partial charge on any atom is 0.336 e. The van der Waals surface area contributed by atoms with Gasteiger partial charge in [0.2, 0.25) is 0 Å². The van der Waals surface area contributed by atoms with Crippen LogP contribution >= 0.6 is 0 Å². The second-order valence-corrected chi connectivity index (χ2v) is 7.33. The van der Waals surface area contributed by atoms with Crippen molar-refractivity contribution >= 4 is 11.9 Å². The number of hydrogen-bond acceptors (Lipinski definition) is 7. The fourth-order valence-electron chi connectivity index (χ4n) is 3.85. The van der Waals surface area contributed by atoms with Gasteiger partial charge in [-0.2, -0.15) is 0 Å². The molecule has 1 unspecified atom stereocenters. The van der Waals surface area contributed by atoms with Crippen LogP contribution in [0.25, 0.3) is 0 Å². The molecular weight excluding hydrogens is 362 g/mol. The summed E-state index contributed by atoms with van der Waals surface area (Å²) in [6.45, 7) is 5.14. The summed E-state index contributed by atoms with van der Waals surface area (Å²) in [5.41, 5.74) is 0.724. The van der Waals surface area contributed by atoms with E-state index in [-0.39, 0.29) is 18.4 Å². The van der Waals surface area contributed by atoms with E-state index >= 15 is 0 Å². The van der Waals surface area contributed by atoms with Gasteiger partial charge in [0.15, 0.2) is 18.3 Å². The predicted octanol–water partition coefficient (Wildman–Crippen LogP) is 2.84. The third-order valence-electron chi connectivity index (χ3n) is 5.66. The van der Waals surface area contributed by atoms with Gasteiger partial charge in [0.05, 0.1) is 0 Å². The van der Waals surface area contributed by atoms with Crippen molar-refractivity contribution in [2.24, 2.45) is 11.8 Å². The van der Waals surface area contributed by atoms with Crippen LogP contribution in [0.2, 0.25) is 0 Å². The second kappa shape index (κ2) is 9.98. The lowest BCUT2D eigenvalue weighted by atomic mass is 9.98. The van der Waals surface area contributed by atoms with Gasteiger partial charge in [0.25, 0.3) is 0 Å². The number of carbonyl (C=O) groups excluding carboxylic acids is 2. The van der Waals surface area contributed by atoms with Gasteiger partial charge >= 0.3 is 11.9 Å². The van der Waals surface area contributed by atoms with Crippen molar-refractivity contribution < 1.29 is 28.5 Å². The molecule has 2 aliphatic heterocycles. The molecule has 0 aliphatic carbocycles. The fraction of sp³-hybridized carbons (Fsp3) is 0.667. The Kier molecular flexibility index (Phi) is 7.39. The number of rotatable bonds is 8. The first-order valence-electron chi connectivity index (χ1n) is 10.1. The van der Waals surface area contributed by atoms with Crippen molar-refractivity contribution in [3.63, 3.8) is 0 Å². The van der Waals surface area contributed by atoms with Crippen molar-refractivity contribution in [2.45, 2.75) is 57.8 Å². The Labute approximate surface area is 165 Å². The molecule has 3 rings (SSSR count). The molecule has 0 aromatic carbocycles. The molecule has 1 aromatic rings. The Morgan fingerprint density at radius 3 is 2.18 bits per heavy atom. The van der Waals surface area contributed by atoms with Crippen molar-refractivity contribution in [1.82, 2.24) is 4.98 Å². The lowest BCUT2D eigenvalue weighted by Gasteiger charge is -2.23. The molecule has 0 N–H and O–H groups in total. The van der Waals surface area contributed by atoms with E-state index in [1.807, 2.05) is 13.8 Å². The highest BCUT2D eigenvalue weighted by molar-refractivity contribution is 5.76. The Morgan fingerprint density at radius 1 is 1.04 bits per heavy atom. The summed E-state index contributed by atoms with van der Waals surface area (Å²) in [5, 5.41) is 0. The standard InChI is InChI=1S/C21H29NO6/c1-3-14-7-11-25-18(14)20(23)27-13-17(16-5-9-22-10-6-16)28-21(24)19-15(4-2)8-12-26-19/h5-6,9-10,14-15,17-19H,3-4,7-8,11-13H2,1-2H3/t14-,15+,17?,18+,19-/m1/s1. The third kappa shape index (κ3) is 4.89. The summed E-state index contributed by atoms with van der Waals surface area (Å²) in [5.74, 6) is -0.481. The molecular formula is C21H29NO6. The molecule has 2 saturated heterocycles. The van der Waals surface area contributed by atoms with Gasteiger partial charge in [-0.05, 0) is 42.4 Å². The van der Waals surface area contributed by atoms with Crippen molar-refractivity contribution in [1.29, 1.82) is 0 Å². The van der Waals surface area contributed by atoms with Gasteiger partial charge in [-0.15, -0.1) is 0 Å². The number of aromatic nitrogens is 1. The Hall–Kier alpha value is -1.99. The fourth-order valence-corrected chi connectivity index (χ4v) is 3.85. The minimum Gasteiger partial charge on any atom is -0.459 e. The van der Waals surface area contributed by atoms with Crippen LogP contribution in [0.15, 0.2) is 24.5 Å². The van der Waals surface area contributed by atoms with Crippen molar-refractivity contribution in [2.75, 3.05) is 19.8 Å². The van der Waals surface area contributed by atoms with Crippen molar-refractivity contribution in [3.8, 4) is 0 Å². The Morgan fingerprint density at radius 2 is 1.61 bits per heavy atom. The molecule has 2 aliphatic rings. The van der Waals surface area contributed by atoms with Crippen LogP contribution in [-0.4, -0.2) is 49.0 Å². The molecule has 7 heteroatoms. The predicted molar refractivity (Wildman–Crippen MR) is 100 cm³/mol. The number of ether oxygens (including phenoxy) is 4. The monoisotopic (exact) mass is 391 g/mol. The first kappa shape index (κ1) is 20.7. The summed E-state index contributed by atoms with van der Waals surface area (Å²) in [4.78, 5) is 29.1. The zero-order valence-corrected chi connectivity index (χ0v) is 16.5. The molecule has 0 spiro atoms. The maximum atomic E-state index is 12.7. The average molecular weight is 391 g/mol. The van der Waals surface area contributed by atoms with Gasteiger partial charge in [-0.3, -0.25) is 4.98 Å². The summed E-state index contributed by atoms with van der Waals surface area (Å²) in [6, 6.07) is 3.50. The van der Waals surface area contributed by atoms with Gasteiger partial charge in [0, 0.05) is 25.6 Å². The molecule has 5 atom stereocenters. The highest BCUT2D eigenvalue weighted by Gasteiger charge is 2.37. The molecule has 1 aromatic heterocycles. The topological polar surface area (TPSA) is 84.0 Å². The number of esters is 2. The maximum absolute atomic E-state index is 12.7. The van der Waals surface area contributed by atoms with E-state index in [0.29, 0.717) is 13.2 Å². The van der Waals surface area contributed by atoms with Crippen LogP contribution < -0.4 is 0 Å². The van der Waals surface area contributed by atoms with Crippen LogP contribution in [0, 0.1) is 11.8 Å². The Bertz CT molecular complexity index is 652. The SMILES string of the molecule is CC[C@@H]1CCO[C@@H]1C(=O)OCC(OC(=O)[C@@H]1OCC[C@@H]1CC)c1ccncc1. The third-order valence-corrected chi connectivity index (χ3v) is 5.66. The lowest BCUT2D eigenvalue weighted by molar-refractivity contribution is -0.172. The summed E-state index contributed by atoms with van der Waals surface area (Å²) < 4.78 is 22.3. The first-order valence-corrected chi connectivity index (χ1v) is 10.1. The van der Waals surface area contributed by atoms with E-state index in [1.165, 1.54) is 0 Å². The number of nitrogens with zero attached hydrogens (tertiary/aromatic N) is 1. The minimum absolute atomic E-state index is 0.0611. The van der Waals surface area contributed by atoms with Crippen LogP contribution in [0.4, 0.5) is 0 Å². The highest BCUT2D eigenvalue weighted by atomic mass is 16.6. The van der Waals surface area contributed by atoms with E-state index < -0.39 is 30.3 Å². The molecule has 3 heterocycles. The van der Waals surface area contributed by atoms with Crippen LogP contribution in [-0.2, 0) is 28.5 Å². The van der Waals surface area contributed by atoms with Gasteiger partial charge in [-0.25, -0.2) is 9.59 Å². The van der Waals surface area contributed by atoms with Gasteiger partial charge < -0.3 is 18.9 Å². The van der Waals surface area contributed by atoms with Crippen molar-refractivity contribution in [3.05, 3.63) is 30.1 Å². The molecule has 7 nitrogen and oxygen atoms in total. The first-order chi connectivity index (χ1) is 13.6. The molecule has 0 radical (unpaired) electrons. The second-order valence-electron chi connectivity index (χ2n) is 7.33. The van der Waals surface area contributed by atoms with Gasteiger partial charge in [0.1, 0.15) is 6.61 Å². The Balaban J connectivity index is 1.64. The largest absolute Gasteiger partial charge is 0.459 e. The van der Waals surface area contributed by atoms with Gasteiger partial charge in [-0.1, -0.05) is 26.7 Å². The molecule has 2 fully saturated rings. The molecule has 154 valence electrons. The zero-order valence-electron chi connectivity index (χ0n) is 16.5. The summed E-state index contributed by atoms with van der Waals surface area (Å²) in [7, 11) is 0. The molecule has 0 amide bonds. The van der Waals surface area contributed by atoms with E-state index in [2.05, 4.69) is 4.98 Å². The number of carbonyl (C=O) groups is 2. The van der Waals surface area contributed by atoms with E-state index in [0.717, 1.165) is 31.2 Å². The molecule has 28 heavy (non-hydrogen) atoms. The minimum atomic E-state index is -0.706. The zero-order chi connectivity index (χ0) is 19.9. The van der Waals surface area contributed by atoms with E-state index in [4.69, 9.17) is 18.9 Å². The molecule has 0 saturated carbocycles. The lowest BCUT2D eigenvalue weighted by Crippen LogP contribution is -2.33.